The summed E-state index contributed by atoms with van der Waals surface area (Å²) in [7, 11) is 0. The number of ether oxygens (including phenoxy) is 2. The molecule has 0 unspecified atom stereocenters. The van der Waals surface area contributed by atoms with Crippen molar-refractivity contribution in [3.05, 3.63) is 24.3 Å². The van der Waals surface area contributed by atoms with E-state index in [9.17, 15) is 14.7 Å². The van der Waals surface area contributed by atoms with Gasteiger partial charge in [0.15, 0.2) is 6.29 Å². The number of nitrogens with zero attached hydrogens (tertiary/aromatic N) is 1. The fourth-order valence-electron chi connectivity index (χ4n) is 9.10. The Morgan fingerprint density at radius 1 is 1.31 bits per heavy atom. The van der Waals surface area contributed by atoms with Gasteiger partial charge in [-0.25, -0.2) is 0 Å². The van der Waals surface area contributed by atoms with Crippen molar-refractivity contribution in [2.24, 2.45) is 45.8 Å². The first kappa shape index (κ1) is 25.1. The van der Waals surface area contributed by atoms with Crippen LogP contribution in [0.2, 0.25) is 0 Å². The predicted molar refractivity (Wildman–Crippen MR) is 130 cm³/mol. The third-order valence-electron chi connectivity index (χ3n) is 10.2. The van der Waals surface area contributed by atoms with Gasteiger partial charge in [0.2, 0.25) is 0 Å². The number of carboxylic acids is 1. The van der Waals surface area contributed by atoms with Crippen LogP contribution in [0.3, 0.4) is 0 Å². The van der Waals surface area contributed by atoms with Gasteiger partial charge in [0.05, 0.1) is 37.8 Å². The van der Waals surface area contributed by atoms with Gasteiger partial charge in [-0.05, 0) is 55.8 Å². The molecule has 5 aliphatic rings. The number of carbonyl (C=O) groups is 2. The summed E-state index contributed by atoms with van der Waals surface area (Å²) in [4.78, 5) is 32.4. The van der Waals surface area contributed by atoms with Crippen molar-refractivity contribution >= 4 is 12.3 Å². The number of carbonyl (C=O) groups excluding carboxylic acids is 1. The molecule has 5 rings (SSSR count). The first-order valence-corrected chi connectivity index (χ1v) is 13.3. The van der Waals surface area contributed by atoms with Gasteiger partial charge in [-0.3, -0.25) is 9.63 Å². The summed E-state index contributed by atoms with van der Waals surface area (Å²) < 4.78 is 12.6. The zero-order valence-corrected chi connectivity index (χ0v) is 21.6. The van der Waals surface area contributed by atoms with Crippen molar-refractivity contribution in [1.29, 1.82) is 0 Å². The van der Waals surface area contributed by atoms with E-state index in [4.69, 9.17) is 14.3 Å². The maximum atomic E-state index is 13.5. The van der Waals surface area contributed by atoms with Crippen LogP contribution in [0.1, 0.15) is 53.4 Å². The number of morpholine rings is 1. The molecule has 7 heteroatoms. The summed E-state index contributed by atoms with van der Waals surface area (Å²) >= 11 is 0. The fraction of sp³-hybridized carbons (Fsp3) is 0.786. The number of fused-ring (bicyclic) bond motifs is 2. The minimum absolute atomic E-state index is 0.0214. The molecule has 0 amide bonds. The van der Waals surface area contributed by atoms with E-state index in [-0.39, 0.29) is 30.5 Å². The minimum Gasteiger partial charge on any atom is -0.481 e. The Hall–Kier alpha value is -1.54. The summed E-state index contributed by atoms with van der Waals surface area (Å²) in [5.41, 5.74) is -1.79. The third kappa shape index (κ3) is 3.24. The largest absolute Gasteiger partial charge is 0.481 e. The van der Waals surface area contributed by atoms with Crippen LogP contribution in [-0.4, -0.2) is 61.1 Å². The highest BCUT2D eigenvalue weighted by Gasteiger charge is 2.84. The van der Waals surface area contributed by atoms with E-state index in [0.717, 1.165) is 31.1 Å². The summed E-state index contributed by atoms with van der Waals surface area (Å²) in [6.45, 7) is 13.9. The van der Waals surface area contributed by atoms with Crippen LogP contribution in [-0.2, 0) is 23.9 Å². The van der Waals surface area contributed by atoms with Crippen LogP contribution in [0.4, 0.5) is 0 Å². The first-order chi connectivity index (χ1) is 16.7. The van der Waals surface area contributed by atoms with Crippen LogP contribution in [0.25, 0.3) is 0 Å². The fourth-order valence-corrected chi connectivity index (χ4v) is 9.10. The second-order valence-electron chi connectivity index (χ2n) is 12.1. The molecule has 4 bridgehead atoms. The molecule has 0 aromatic heterocycles. The number of hydrogen-bond donors (Lipinski definition) is 1. The monoisotopic (exact) mass is 487 g/mol. The molecule has 1 N–H and O–H groups in total. The van der Waals surface area contributed by atoms with Crippen molar-refractivity contribution in [2.45, 2.75) is 65.8 Å². The summed E-state index contributed by atoms with van der Waals surface area (Å²) in [6, 6.07) is 0. The van der Waals surface area contributed by atoms with Crippen LogP contribution in [0, 0.1) is 45.8 Å². The van der Waals surface area contributed by atoms with Gasteiger partial charge >= 0.3 is 5.97 Å². The quantitative estimate of drug-likeness (QED) is 0.387. The van der Waals surface area contributed by atoms with E-state index >= 15 is 0 Å². The molecule has 1 aliphatic heterocycles. The van der Waals surface area contributed by atoms with E-state index in [0.29, 0.717) is 38.0 Å². The van der Waals surface area contributed by atoms with Gasteiger partial charge < -0.3 is 19.4 Å². The van der Waals surface area contributed by atoms with Crippen molar-refractivity contribution in [2.75, 3.05) is 26.3 Å². The summed E-state index contributed by atoms with van der Waals surface area (Å²) in [5.74, 6) is 0.186. The zero-order chi connectivity index (χ0) is 25.2. The van der Waals surface area contributed by atoms with Gasteiger partial charge in [-0.15, -0.1) is 6.58 Å². The maximum Gasteiger partial charge on any atom is 0.315 e. The first-order valence-electron chi connectivity index (χ1n) is 13.3. The Bertz CT molecular complexity index is 917. The molecule has 194 valence electrons. The Morgan fingerprint density at radius 3 is 2.74 bits per heavy atom. The average Bonchev–Trinajstić information content (AvgIpc) is 3.38. The lowest BCUT2D eigenvalue weighted by Crippen LogP contribution is -2.64. The molecule has 0 spiro atoms. The van der Waals surface area contributed by atoms with Crippen molar-refractivity contribution in [1.82, 2.24) is 5.06 Å². The van der Waals surface area contributed by atoms with Crippen molar-refractivity contribution in [3.8, 4) is 0 Å². The van der Waals surface area contributed by atoms with Gasteiger partial charge in [0, 0.05) is 5.41 Å². The lowest BCUT2D eigenvalue weighted by atomic mass is 9.43. The van der Waals surface area contributed by atoms with Crippen LogP contribution < -0.4 is 0 Å². The number of hydrogen-bond acceptors (Lipinski definition) is 6. The predicted octanol–water partition coefficient (Wildman–Crippen LogP) is 4.09. The molecule has 35 heavy (non-hydrogen) atoms. The number of aliphatic carboxylic acids is 1. The molecule has 1 saturated heterocycles. The van der Waals surface area contributed by atoms with Crippen molar-refractivity contribution < 1.29 is 29.0 Å². The third-order valence-corrected chi connectivity index (χ3v) is 10.2. The Kier molecular flexibility index (Phi) is 6.31. The molecule has 3 saturated carbocycles. The summed E-state index contributed by atoms with van der Waals surface area (Å²) in [5, 5.41) is 12.9. The molecule has 0 aromatic carbocycles. The molecule has 1 heterocycles. The van der Waals surface area contributed by atoms with Gasteiger partial charge in [-0.2, -0.15) is 5.06 Å². The molecule has 0 radical (unpaired) electrons. The van der Waals surface area contributed by atoms with Crippen molar-refractivity contribution in [3.63, 3.8) is 0 Å². The van der Waals surface area contributed by atoms with E-state index < -0.39 is 28.5 Å². The Balaban J connectivity index is 1.52. The second-order valence-corrected chi connectivity index (χ2v) is 12.1. The molecule has 4 fully saturated rings. The molecule has 4 aliphatic carbocycles. The second kappa shape index (κ2) is 8.79. The number of rotatable bonds is 9. The number of hydroxylamine groups is 2. The van der Waals surface area contributed by atoms with Crippen LogP contribution in [0.15, 0.2) is 24.3 Å². The topological polar surface area (TPSA) is 85.3 Å². The standard InChI is InChI=1S/C28H41NO6/c1-6-9-34-29-13-19(5)35-24(14-29)33-16-27-12-21-18(4)7-8-22(21)26(15-30)11-20(27)10-23(17(2)3)28(26,27)25(31)32/h6,10,15,17-22,24H,1,7-9,11-14,16H2,2-5H3,(H,31,32)/t18-,19-,20+,21-,22-,24-,26-,27+,28+/m1/s1. The van der Waals surface area contributed by atoms with Gasteiger partial charge in [0.25, 0.3) is 0 Å². The average molecular weight is 488 g/mol. The van der Waals surface area contributed by atoms with E-state index in [1.807, 2.05) is 12.0 Å². The van der Waals surface area contributed by atoms with E-state index in [2.05, 4.69) is 33.4 Å². The van der Waals surface area contributed by atoms with E-state index in [1.54, 1.807) is 6.08 Å². The maximum absolute atomic E-state index is 13.5. The lowest BCUT2D eigenvalue weighted by molar-refractivity contribution is -0.289. The Morgan fingerprint density at radius 2 is 2.09 bits per heavy atom. The molecular weight excluding hydrogens is 446 g/mol. The molecule has 7 nitrogen and oxygen atoms in total. The number of carboxylic acid groups (broad SMARTS) is 1. The normalized spacial score (nSPS) is 46.5. The zero-order valence-electron chi connectivity index (χ0n) is 21.6. The molecular formula is C28H41NO6. The summed E-state index contributed by atoms with van der Waals surface area (Å²) in [6.07, 6.45) is 7.79. The SMILES string of the molecule is C=CCON1C[C@H](OC[C@@]23C[C@@H]4[C@H](C)CC[C@H]4[C@]4(C=O)C[C@@H]2C=C(C(C)C)[C@@]34C(=O)O)O[C@H](C)C1. The number of aldehydes is 1. The highest BCUT2D eigenvalue weighted by molar-refractivity contribution is 5.90. The van der Waals surface area contributed by atoms with Gasteiger partial charge in [0.1, 0.15) is 11.7 Å². The molecule has 0 aromatic rings. The molecule has 9 atom stereocenters. The highest BCUT2D eigenvalue weighted by atomic mass is 16.7. The van der Waals surface area contributed by atoms with Crippen LogP contribution >= 0.6 is 0 Å². The van der Waals surface area contributed by atoms with Gasteiger partial charge in [-0.1, -0.05) is 44.9 Å². The Labute approximate surface area is 208 Å². The highest BCUT2D eigenvalue weighted by Crippen LogP contribution is 2.82. The minimum atomic E-state index is -1.22. The van der Waals surface area contributed by atoms with Crippen LogP contribution in [0.5, 0.6) is 0 Å². The lowest BCUT2D eigenvalue weighted by Gasteiger charge is -2.58. The van der Waals surface area contributed by atoms with E-state index in [1.165, 1.54) is 0 Å². The smallest absolute Gasteiger partial charge is 0.315 e. The number of allylic oxidation sites excluding steroid dienone is 1.